The standard InChI is InChI=1S/C13H16N2/c1-4-10-8-11-7-5-6-9(2)12(11)15-13(10)14-3/h5-8H,4H2,1-3H3,(H,14,15). The van der Waals surface area contributed by atoms with Crippen LogP contribution in [-0.2, 0) is 6.42 Å². The zero-order chi connectivity index (χ0) is 10.8. The van der Waals surface area contributed by atoms with E-state index >= 15 is 0 Å². The van der Waals surface area contributed by atoms with Crippen LogP contribution in [0.2, 0.25) is 0 Å². The number of para-hydroxylation sites is 1. The van der Waals surface area contributed by atoms with Gasteiger partial charge < -0.3 is 5.32 Å². The molecule has 0 spiro atoms. The van der Waals surface area contributed by atoms with E-state index in [9.17, 15) is 0 Å². The highest BCUT2D eigenvalue weighted by Crippen LogP contribution is 2.22. The molecule has 1 aromatic carbocycles. The molecule has 78 valence electrons. The first-order chi connectivity index (χ1) is 7.26. The van der Waals surface area contributed by atoms with Gasteiger partial charge in [-0.15, -0.1) is 0 Å². The summed E-state index contributed by atoms with van der Waals surface area (Å²) in [7, 11) is 1.92. The molecule has 2 nitrogen and oxygen atoms in total. The number of nitrogens with zero attached hydrogens (tertiary/aromatic N) is 1. The number of fused-ring (bicyclic) bond motifs is 1. The molecule has 15 heavy (non-hydrogen) atoms. The SMILES string of the molecule is CCc1cc2cccc(C)c2nc1NC. The van der Waals surface area contributed by atoms with Crippen molar-refractivity contribution in [3.8, 4) is 0 Å². The molecule has 0 amide bonds. The summed E-state index contributed by atoms with van der Waals surface area (Å²) in [6.45, 7) is 4.25. The normalized spacial score (nSPS) is 10.6. The molecule has 2 aromatic rings. The smallest absolute Gasteiger partial charge is 0.129 e. The molecule has 0 atom stereocenters. The summed E-state index contributed by atoms with van der Waals surface area (Å²) in [5, 5.41) is 4.38. The van der Waals surface area contributed by atoms with Crippen LogP contribution in [0.4, 0.5) is 5.82 Å². The molecule has 0 radical (unpaired) electrons. The van der Waals surface area contributed by atoms with Crippen LogP contribution in [0, 0.1) is 6.92 Å². The minimum atomic E-state index is 0.999. The monoisotopic (exact) mass is 200 g/mol. The molecule has 1 heterocycles. The maximum atomic E-state index is 4.65. The van der Waals surface area contributed by atoms with E-state index in [1.807, 2.05) is 7.05 Å². The average Bonchev–Trinajstić information content (AvgIpc) is 2.28. The molecule has 0 bridgehead atoms. The number of rotatable bonds is 2. The van der Waals surface area contributed by atoms with E-state index in [0.29, 0.717) is 0 Å². The Morgan fingerprint density at radius 1 is 1.33 bits per heavy atom. The van der Waals surface area contributed by atoms with E-state index in [1.54, 1.807) is 0 Å². The molecule has 0 aliphatic carbocycles. The topological polar surface area (TPSA) is 24.9 Å². The number of aromatic nitrogens is 1. The van der Waals surface area contributed by atoms with Gasteiger partial charge in [-0.1, -0.05) is 25.1 Å². The molecule has 0 saturated heterocycles. The summed E-state index contributed by atoms with van der Waals surface area (Å²) in [5.74, 6) is 0.999. The Bertz CT molecular complexity index is 489. The lowest BCUT2D eigenvalue weighted by molar-refractivity contribution is 1.11. The second-order valence-corrected chi connectivity index (χ2v) is 3.75. The molecule has 0 aliphatic heterocycles. The third kappa shape index (κ3) is 1.67. The van der Waals surface area contributed by atoms with Crippen LogP contribution in [0.25, 0.3) is 10.9 Å². The zero-order valence-corrected chi connectivity index (χ0v) is 9.46. The molecular weight excluding hydrogens is 184 g/mol. The number of aryl methyl sites for hydroxylation is 2. The van der Waals surface area contributed by atoms with Gasteiger partial charge in [0.1, 0.15) is 5.82 Å². The Hall–Kier alpha value is -1.57. The van der Waals surface area contributed by atoms with Crippen molar-refractivity contribution in [3.63, 3.8) is 0 Å². The third-order valence-electron chi connectivity index (χ3n) is 2.74. The fourth-order valence-corrected chi connectivity index (χ4v) is 1.88. The van der Waals surface area contributed by atoms with Crippen molar-refractivity contribution in [2.75, 3.05) is 12.4 Å². The van der Waals surface area contributed by atoms with Gasteiger partial charge in [-0.2, -0.15) is 0 Å². The number of nitrogens with one attached hydrogen (secondary N) is 1. The maximum absolute atomic E-state index is 4.65. The predicted molar refractivity (Wildman–Crippen MR) is 65.4 cm³/mol. The summed E-state index contributed by atoms with van der Waals surface area (Å²) >= 11 is 0. The molecular formula is C13H16N2. The first kappa shape index (κ1) is 9.97. The quantitative estimate of drug-likeness (QED) is 0.805. The minimum absolute atomic E-state index is 0.999. The molecule has 2 rings (SSSR count). The summed E-state index contributed by atoms with van der Waals surface area (Å²) < 4.78 is 0. The van der Waals surface area contributed by atoms with Gasteiger partial charge in [0.25, 0.3) is 0 Å². The van der Waals surface area contributed by atoms with Crippen LogP contribution in [0.1, 0.15) is 18.1 Å². The van der Waals surface area contributed by atoms with E-state index in [1.165, 1.54) is 16.5 Å². The number of anilines is 1. The lowest BCUT2D eigenvalue weighted by Crippen LogP contribution is -1.99. The van der Waals surface area contributed by atoms with Gasteiger partial charge in [-0.25, -0.2) is 4.98 Å². The van der Waals surface area contributed by atoms with Gasteiger partial charge in [0.2, 0.25) is 0 Å². The average molecular weight is 200 g/mol. The number of pyridine rings is 1. The van der Waals surface area contributed by atoms with Gasteiger partial charge >= 0.3 is 0 Å². The van der Waals surface area contributed by atoms with Crippen LogP contribution in [-0.4, -0.2) is 12.0 Å². The van der Waals surface area contributed by atoms with Gasteiger partial charge in [-0.05, 0) is 30.5 Å². The molecule has 0 unspecified atom stereocenters. The zero-order valence-electron chi connectivity index (χ0n) is 9.46. The Morgan fingerprint density at radius 3 is 2.80 bits per heavy atom. The molecule has 0 saturated carbocycles. The Labute approximate surface area is 90.3 Å². The van der Waals surface area contributed by atoms with Crippen LogP contribution in [0.3, 0.4) is 0 Å². The summed E-state index contributed by atoms with van der Waals surface area (Å²) in [5.41, 5.74) is 3.60. The predicted octanol–water partition coefficient (Wildman–Crippen LogP) is 3.15. The van der Waals surface area contributed by atoms with Crippen molar-refractivity contribution < 1.29 is 0 Å². The first-order valence-electron chi connectivity index (χ1n) is 5.33. The lowest BCUT2D eigenvalue weighted by atomic mass is 10.1. The van der Waals surface area contributed by atoms with Gasteiger partial charge in [0, 0.05) is 12.4 Å². The molecule has 2 heteroatoms. The van der Waals surface area contributed by atoms with Crippen molar-refractivity contribution in [2.45, 2.75) is 20.3 Å². The Balaban J connectivity index is 2.75. The maximum Gasteiger partial charge on any atom is 0.129 e. The van der Waals surface area contributed by atoms with Crippen molar-refractivity contribution >= 4 is 16.7 Å². The van der Waals surface area contributed by atoms with E-state index in [0.717, 1.165) is 17.8 Å². The van der Waals surface area contributed by atoms with Crippen LogP contribution >= 0.6 is 0 Å². The van der Waals surface area contributed by atoms with E-state index in [4.69, 9.17) is 0 Å². The second-order valence-electron chi connectivity index (χ2n) is 3.75. The van der Waals surface area contributed by atoms with Crippen molar-refractivity contribution in [2.24, 2.45) is 0 Å². The molecule has 1 aromatic heterocycles. The molecule has 0 fully saturated rings. The van der Waals surface area contributed by atoms with Crippen LogP contribution < -0.4 is 5.32 Å². The lowest BCUT2D eigenvalue weighted by Gasteiger charge is -2.09. The highest BCUT2D eigenvalue weighted by atomic mass is 15.0. The minimum Gasteiger partial charge on any atom is -0.373 e. The van der Waals surface area contributed by atoms with Crippen molar-refractivity contribution in [3.05, 3.63) is 35.4 Å². The first-order valence-corrected chi connectivity index (χ1v) is 5.33. The van der Waals surface area contributed by atoms with E-state index in [2.05, 4.69) is 48.4 Å². The largest absolute Gasteiger partial charge is 0.373 e. The van der Waals surface area contributed by atoms with Crippen LogP contribution in [0.15, 0.2) is 24.3 Å². The summed E-state index contributed by atoms with van der Waals surface area (Å²) in [6.07, 6.45) is 1.01. The highest BCUT2D eigenvalue weighted by molar-refractivity contribution is 5.84. The summed E-state index contributed by atoms with van der Waals surface area (Å²) in [4.78, 5) is 4.65. The van der Waals surface area contributed by atoms with Crippen molar-refractivity contribution in [1.82, 2.24) is 4.98 Å². The Morgan fingerprint density at radius 2 is 2.13 bits per heavy atom. The number of benzene rings is 1. The fourth-order valence-electron chi connectivity index (χ4n) is 1.88. The van der Waals surface area contributed by atoms with E-state index in [-0.39, 0.29) is 0 Å². The second kappa shape index (κ2) is 3.89. The van der Waals surface area contributed by atoms with Gasteiger partial charge in [0.15, 0.2) is 0 Å². The van der Waals surface area contributed by atoms with Crippen molar-refractivity contribution in [1.29, 1.82) is 0 Å². The number of hydrogen-bond donors (Lipinski definition) is 1. The van der Waals surface area contributed by atoms with Gasteiger partial charge in [0.05, 0.1) is 5.52 Å². The fraction of sp³-hybridized carbons (Fsp3) is 0.308. The van der Waals surface area contributed by atoms with E-state index < -0.39 is 0 Å². The van der Waals surface area contributed by atoms with Crippen LogP contribution in [0.5, 0.6) is 0 Å². The highest BCUT2D eigenvalue weighted by Gasteiger charge is 2.05. The molecule has 0 aliphatic rings. The Kier molecular flexibility index (Phi) is 2.58. The third-order valence-corrected chi connectivity index (χ3v) is 2.74. The molecule has 1 N–H and O–H groups in total. The van der Waals surface area contributed by atoms with Gasteiger partial charge in [-0.3, -0.25) is 0 Å². The summed E-state index contributed by atoms with van der Waals surface area (Å²) in [6, 6.07) is 8.52. The number of hydrogen-bond acceptors (Lipinski definition) is 2.